The summed E-state index contributed by atoms with van der Waals surface area (Å²) in [4.78, 5) is 32.6. The number of carbonyl (C=O) groups excluding carboxylic acids is 3. The molecule has 0 saturated heterocycles. The predicted octanol–water partition coefficient (Wildman–Crippen LogP) is -1.27. The van der Waals surface area contributed by atoms with Crippen LogP contribution in [0, 0.1) is 5.92 Å². The predicted molar refractivity (Wildman–Crippen MR) is 72.1 cm³/mol. The first-order chi connectivity index (χ1) is 8.82. The minimum atomic E-state index is -0.274. The van der Waals surface area contributed by atoms with Gasteiger partial charge in [-0.2, -0.15) is 0 Å². The van der Waals surface area contributed by atoms with Crippen LogP contribution < -0.4 is 21.7 Å². The van der Waals surface area contributed by atoms with Gasteiger partial charge in [0.05, 0.1) is 0 Å². The number of nitrogens with one attached hydrogen (secondary N) is 3. The Balaban J connectivity index is 4.24. The monoisotopic (exact) mass is 272 g/mol. The summed E-state index contributed by atoms with van der Waals surface area (Å²) in [5.74, 6) is -0.386. The number of rotatable bonds is 8. The second-order valence-electron chi connectivity index (χ2n) is 4.57. The van der Waals surface area contributed by atoms with Crippen LogP contribution in [0.3, 0.4) is 0 Å². The lowest BCUT2D eigenvalue weighted by molar-refractivity contribution is -0.120. The molecule has 0 radical (unpaired) electrons. The van der Waals surface area contributed by atoms with Crippen molar-refractivity contribution in [2.24, 2.45) is 11.7 Å². The van der Waals surface area contributed by atoms with E-state index in [1.807, 2.05) is 0 Å². The first kappa shape index (κ1) is 17.4. The van der Waals surface area contributed by atoms with Crippen LogP contribution in [0.5, 0.6) is 0 Å². The molecule has 0 aliphatic carbocycles. The lowest BCUT2D eigenvalue weighted by Crippen LogP contribution is -2.46. The molecule has 2 unspecified atom stereocenters. The molecule has 0 rings (SSSR count). The van der Waals surface area contributed by atoms with Crippen LogP contribution in [-0.2, 0) is 14.4 Å². The lowest BCUT2D eigenvalue weighted by atomic mass is 9.96. The largest absolute Gasteiger partial charge is 0.356 e. The summed E-state index contributed by atoms with van der Waals surface area (Å²) >= 11 is 0. The zero-order chi connectivity index (χ0) is 14.8. The maximum Gasteiger partial charge on any atom is 0.216 e. The van der Waals surface area contributed by atoms with Gasteiger partial charge < -0.3 is 21.7 Å². The van der Waals surface area contributed by atoms with Crippen molar-refractivity contribution in [3.63, 3.8) is 0 Å². The molecule has 19 heavy (non-hydrogen) atoms. The minimum Gasteiger partial charge on any atom is -0.356 e. The topological polar surface area (TPSA) is 113 Å². The summed E-state index contributed by atoms with van der Waals surface area (Å²) in [5, 5.41) is 8.05. The highest BCUT2D eigenvalue weighted by Gasteiger charge is 2.18. The second kappa shape index (κ2) is 9.32. The van der Waals surface area contributed by atoms with Gasteiger partial charge in [-0.1, -0.05) is 0 Å². The Kier molecular flexibility index (Phi) is 8.52. The summed E-state index contributed by atoms with van der Waals surface area (Å²) in [7, 11) is 0. The highest BCUT2D eigenvalue weighted by Crippen LogP contribution is 2.05. The molecule has 0 aromatic rings. The summed E-state index contributed by atoms with van der Waals surface area (Å²) in [5.41, 5.74) is 5.99. The molecule has 0 saturated carbocycles. The summed E-state index contributed by atoms with van der Waals surface area (Å²) in [6, 6.07) is -0.274. The van der Waals surface area contributed by atoms with E-state index in [9.17, 15) is 14.4 Å². The molecule has 0 aliphatic heterocycles. The molecule has 0 aromatic heterocycles. The maximum absolute atomic E-state index is 10.9. The lowest BCUT2D eigenvalue weighted by Gasteiger charge is -2.24. The normalized spacial score (nSPS) is 13.3. The van der Waals surface area contributed by atoms with Crippen molar-refractivity contribution in [1.29, 1.82) is 0 Å². The molecule has 3 amide bonds. The SMILES string of the molecule is CC(=O)NCCC(CNC(C)=O)C(N)CNC(C)=O. The molecule has 7 nitrogen and oxygen atoms in total. The number of carbonyl (C=O) groups is 3. The van der Waals surface area contributed by atoms with Gasteiger partial charge in [0.2, 0.25) is 17.7 Å². The number of hydrogen-bond donors (Lipinski definition) is 4. The molecule has 7 heteroatoms. The Hall–Kier alpha value is -1.63. The van der Waals surface area contributed by atoms with Gasteiger partial charge in [-0.15, -0.1) is 0 Å². The summed E-state index contributed by atoms with van der Waals surface area (Å²) < 4.78 is 0. The van der Waals surface area contributed by atoms with E-state index < -0.39 is 0 Å². The quantitative estimate of drug-likeness (QED) is 0.441. The molecule has 0 bridgehead atoms. The first-order valence-corrected chi connectivity index (χ1v) is 6.31. The molecule has 0 aliphatic rings. The van der Waals surface area contributed by atoms with E-state index in [1.165, 1.54) is 20.8 Å². The second-order valence-corrected chi connectivity index (χ2v) is 4.57. The van der Waals surface area contributed by atoms with E-state index >= 15 is 0 Å². The van der Waals surface area contributed by atoms with Gasteiger partial charge in [-0.25, -0.2) is 0 Å². The van der Waals surface area contributed by atoms with E-state index in [0.717, 1.165) is 0 Å². The third-order valence-corrected chi connectivity index (χ3v) is 2.69. The Morgan fingerprint density at radius 2 is 1.37 bits per heavy atom. The van der Waals surface area contributed by atoms with Crippen molar-refractivity contribution < 1.29 is 14.4 Å². The van der Waals surface area contributed by atoms with Crippen LogP contribution in [0.15, 0.2) is 0 Å². The standard InChI is InChI=1S/C12H24N4O3/c1-8(17)14-5-4-11(6-15-9(2)18)12(13)7-16-10(3)19/h11-12H,4-7,13H2,1-3H3,(H,14,17)(H,15,18)(H,16,19). The van der Waals surface area contributed by atoms with Crippen molar-refractivity contribution >= 4 is 17.7 Å². The van der Waals surface area contributed by atoms with Crippen molar-refractivity contribution in [3.05, 3.63) is 0 Å². The number of nitrogens with two attached hydrogens (primary N) is 1. The van der Waals surface area contributed by atoms with E-state index in [-0.39, 0.29) is 29.7 Å². The van der Waals surface area contributed by atoms with Crippen molar-refractivity contribution in [2.75, 3.05) is 19.6 Å². The van der Waals surface area contributed by atoms with Crippen LogP contribution in [0.1, 0.15) is 27.2 Å². The molecule has 0 spiro atoms. The molecule has 5 N–H and O–H groups in total. The molecule has 0 fully saturated rings. The highest BCUT2D eigenvalue weighted by molar-refractivity contribution is 5.73. The van der Waals surface area contributed by atoms with Gasteiger partial charge in [0.15, 0.2) is 0 Å². The van der Waals surface area contributed by atoms with Crippen LogP contribution in [0.4, 0.5) is 0 Å². The molecule has 110 valence electrons. The Labute approximate surface area is 113 Å². The maximum atomic E-state index is 10.9. The van der Waals surface area contributed by atoms with E-state index in [2.05, 4.69) is 16.0 Å². The van der Waals surface area contributed by atoms with Crippen molar-refractivity contribution in [2.45, 2.75) is 33.2 Å². The highest BCUT2D eigenvalue weighted by atomic mass is 16.2. The number of hydrogen-bond acceptors (Lipinski definition) is 4. The third kappa shape index (κ3) is 10.0. The minimum absolute atomic E-state index is 0.0115. The summed E-state index contributed by atoms with van der Waals surface area (Å²) in [6.07, 6.45) is 0.639. The van der Waals surface area contributed by atoms with Gasteiger partial charge >= 0.3 is 0 Å². The molecule has 0 heterocycles. The van der Waals surface area contributed by atoms with Gasteiger partial charge in [-0.3, -0.25) is 14.4 Å². The van der Waals surface area contributed by atoms with Crippen LogP contribution >= 0.6 is 0 Å². The first-order valence-electron chi connectivity index (χ1n) is 6.31. The van der Waals surface area contributed by atoms with Gasteiger partial charge in [0.25, 0.3) is 0 Å². The van der Waals surface area contributed by atoms with E-state index in [1.54, 1.807) is 0 Å². The van der Waals surface area contributed by atoms with Gasteiger partial charge in [-0.05, 0) is 12.3 Å². The van der Waals surface area contributed by atoms with Crippen molar-refractivity contribution in [1.82, 2.24) is 16.0 Å². The van der Waals surface area contributed by atoms with E-state index in [4.69, 9.17) is 5.73 Å². The fourth-order valence-electron chi connectivity index (χ4n) is 1.60. The zero-order valence-corrected chi connectivity index (χ0v) is 11.8. The molecular weight excluding hydrogens is 248 g/mol. The van der Waals surface area contributed by atoms with E-state index in [0.29, 0.717) is 26.1 Å². The van der Waals surface area contributed by atoms with Crippen LogP contribution in [-0.4, -0.2) is 43.4 Å². The van der Waals surface area contributed by atoms with Gasteiger partial charge in [0, 0.05) is 46.4 Å². The smallest absolute Gasteiger partial charge is 0.216 e. The number of amides is 3. The van der Waals surface area contributed by atoms with Crippen molar-refractivity contribution in [3.8, 4) is 0 Å². The van der Waals surface area contributed by atoms with Crippen LogP contribution in [0.2, 0.25) is 0 Å². The molecule has 2 atom stereocenters. The zero-order valence-electron chi connectivity index (χ0n) is 11.8. The Morgan fingerprint density at radius 3 is 1.84 bits per heavy atom. The fraction of sp³-hybridized carbons (Fsp3) is 0.750. The average molecular weight is 272 g/mol. The molecular formula is C12H24N4O3. The average Bonchev–Trinajstić information content (AvgIpc) is 2.29. The fourth-order valence-corrected chi connectivity index (χ4v) is 1.60. The Morgan fingerprint density at radius 1 is 0.895 bits per heavy atom. The third-order valence-electron chi connectivity index (χ3n) is 2.69. The summed E-state index contributed by atoms with van der Waals surface area (Å²) in [6.45, 7) is 5.57. The van der Waals surface area contributed by atoms with Gasteiger partial charge in [0.1, 0.15) is 0 Å². The Bertz CT molecular complexity index is 320. The van der Waals surface area contributed by atoms with Crippen LogP contribution in [0.25, 0.3) is 0 Å². The molecule has 0 aromatic carbocycles.